The Hall–Kier alpha value is -1.98. The van der Waals surface area contributed by atoms with Crippen LogP contribution in [-0.4, -0.2) is 31.6 Å². The minimum absolute atomic E-state index is 0.592. The van der Waals surface area contributed by atoms with Crippen molar-refractivity contribution >= 4 is 5.95 Å². The van der Waals surface area contributed by atoms with Crippen LogP contribution in [0.1, 0.15) is 25.6 Å². The van der Waals surface area contributed by atoms with Crippen molar-refractivity contribution in [3.8, 4) is 5.95 Å². The average molecular weight is 232 g/mol. The highest BCUT2D eigenvalue weighted by Gasteiger charge is 2.06. The monoisotopic (exact) mass is 232 g/mol. The Kier molecular flexibility index (Phi) is 3.64. The van der Waals surface area contributed by atoms with Gasteiger partial charge in [0.15, 0.2) is 0 Å². The van der Waals surface area contributed by atoms with Gasteiger partial charge >= 0.3 is 0 Å². The number of nitrogens with zero attached hydrogens (tertiary/aromatic N) is 5. The van der Waals surface area contributed by atoms with Gasteiger partial charge in [0.1, 0.15) is 12.2 Å². The molecule has 6 heteroatoms. The molecule has 0 aliphatic heterocycles. The quantitative estimate of drug-likeness (QED) is 0.844. The third-order valence-corrected chi connectivity index (χ3v) is 2.38. The van der Waals surface area contributed by atoms with Gasteiger partial charge in [-0.1, -0.05) is 13.3 Å². The van der Waals surface area contributed by atoms with E-state index in [0.717, 1.165) is 25.1 Å². The van der Waals surface area contributed by atoms with Gasteiger partial charge in [0.25, 0.3) is 0 Å². The van der Waals surface area contributed by atoms with Gasteiger partial charge in [0.05, 0.1) is 0 Å². The topological polar surface area (TPSA) is 68.5 Å². The summed E-state index contributed by atoms with van der Waals surface area (Å²) in [5.41, 5.74) is 0. The number of rotatable bonds is 5. The molecule has 0 amide bonds. The Labute approximate surface area is 100 Å². The molecular weight excluding hydrogens is 216 g/mol. The summed E-state index contributed by atoms with van der Waals surface area (Å²) in [4.78, 5) is 17.0. The highest BCUT2D eigenvalue weighted by Crippen LogP contribution is 2.07. The van der Waals surface area contributed by atoms with E-state index in [9.17, 15) is 0 Å². The van der Waals surface area contributed by atoms with E-state index in [4.69, 9.17) is 0 Å². The van der Waals surface area contributed by atoms with Crippen LogP contribution in [0.4, 0.5) is 5.95 Å². The molecule has 0 fully saturated rings. The molecule has 2 aromatic rings. The molecule has 0 saturated carbocycles. The zero-order valence-corrected chi connectivity index (χ0v) is 10.1. The lowest BCUT2D eigenvalue weighted by molar-refractivity contribution is 0.735. The standard InChI is InChI=1S/C11H16N6/c1-3-4-5-9-14-10(12-2)16-11(15-9)17-7-6-13-8-17/h6-8H,3-5H2,1-2H3,(H,12,14,15,16). The minimum atomic E-state index is 0.592. The van der Waals surface area contributed by atoms with Crippen LogP contribution in [0, 0.1) is 0 Å². The summed E-state index contributed by atoms with van der Waals surface area (Å²) >= 11 is 0. The molecule has 17 heavy (non-hydrogen) atoms. The molecule has 90 valence electrons. The van der Waals surface area contributed by atoms with Gasteiger partial charge in [-0.15, -0.1) is 0 Å². The number of hydrogen-bond acceptors (Lipinski definition) is 5. The van der Waals surface area contributed by atoms with Crippen LogP contribution in [-0.2, 0) is 6.42 Å². The number of hydrogen-bond donors (Lipinski definition) is 1. The number of nitrogens with one attached hydrogen (secondary N) is 1. The van der Waals surface area contributed by atoms with E-state index in [1.165, 1.54) is 0 Å². The minimum Gasteiger partial charge on any atom is -0.357 e. The molecule has 0 aliphatic rings. The Morgan fingerprint density at radius 1 is 1.29 bits per heavy atom. The highest BCUT2D eigenvalue weighted by atomic mass is 15.2. The summed E-state index contributed by atoms with van der Waals surface area (Å²) < 4.78 is 1.78. The number of anilines is 1. The lowest BCUT2D eigenvalue weighted by Crippen LogP contribution is -2.08. The number of imidazole rings is 1. The molecule has 0 spiro atoms. The van der Waals surface area contributed by atoms with E-state index in [2.05, 4.69) is 32.2 Å². The van der Waals surface area contributed by atoms with Crippen molar-refractivity contribution in [1.29, 1.82) is 0 Å². The van der Waals surface area contributed by atoms with Crippen LogP contribution in [0.25, 0.3) is 5.95 Å². The number of aryl methyl sites for hydroxylation is 1. The second kappa shape index (κ2) is 5.38. The van der Waals surface area contributed by atoms with Gasteiger partial charge in [-0.25, -0.2) is 4.98 Å². The van der Waals surface area contributed by atoms with Gasteiger partial charge < -0.3 is 5.32 Å². The van der Waals surface area contributed by atoms with Gasteiger partial charge in [-0.3, -0.25) is 4.57 Å². The SMILES string of the molecule is CCCCc1nc(NC)nc(-n2ccnc2)n1. The molecule has 0 bridgehead atoms. The van der Waals surface area contributed by atoms with Gasteiger partial charge in [0, 0.05) is 25.9 Å². The Morgan fingerprint density at radius 3 is 2.82 bits per heavy atom. The second-order valence-electron chi connectivity index (χ2n) is 3.70. The fraction of sp³-hybridized carbons (Fsp3) is 0.455. The van der Waals surface area contributed by atoms with Gasteiger partial charge in [-0.2, -0.15) is 15.0 Å². The maximum absolute atomic E-state index is 4.42. The third kappa shape index (κ3) is 2.77. The normalized spacial score (nSPS) is 10.5. The van der Waals surface area contributed by atoms with Crippen molar-refractivity contribution in [2.75, 3.05) is 12.4 Å². The molecular formula is C11H16N6. The van der Waals surface area contributed by atoms with E-state index in [1.54, 1.807) is 24.1 Å². The van der Waals surface area contributed by atoms with E-state index < -0.39 is 0 Å². The van der Waals surface area contributed by atoms with Crippen LogP contribution >= 0.6 is 0 Å². The van der Waals surface area contributed by atoms with E-state index in [-0.39, 0.29) is 0 Å². The maximum atomic E-state index is 4.42. The Balaban J connectivity index is 2.32. The average Bonchev–Trinajstić information content (AvgIpc) is 2.89. The van der Waals surface area contributed by atoms with Crippen molar-refractivity contribution in [2.24, 2.45) is 0 Å². The lowest BCUT2D eigenvalue weighted by atomic mass is 10.2. The molecule has 0 unspecified atom stereocenters. The van der Waals surface area contributed by atoms with E-state index in [0.29, 0.717) is 11.9 Å². The summed E-state index contributed by atoms with van der Waals surface area (Å²) in [6, 6.07) is 0. The van der Waals surface area contributed by atoms with Crippen LogP contribution in [0.2, 0.25) is 0 Å². The smallest absolute Gasteiger partial charge is 0.239 e. The van der Waals surface area contributed by atoms with Crippen LogP contribution in [0.15, 0.2) is 18.7 Å². The second-order valence-corrected chi connectivity index (χ2v) is 3.70. The summed E-state index contributed by atoms with van der Waals surface area (Å²) in [6.45, 7) is 2.15. The molecule has 0 atom stereocenters. The van der Waals surface area contributed by atoms with Gasteiger partial charge in [-0.05, 0) is 6.42 Å². The summed E-state index contributed by atoms with van der Waals surface area (Å²) in [6.07, 6.45) is 8.28. The first kappa shape index (κ1) is 11.5. The van der Waals surface area contributed by atoms with Crippen molar-refractivity contribution in [1.82, 2.24) is 24.5 Å². The van der Waals surface area contributed by atoms with E-state index in [1.807, 2.05) is 6.20 Å². The zero-order chi connectivity index (χ0) is 12.1. The molecule has 6 nitrogen and oxygen atoms in total. The summed E-state index contributed by atoms with van der Waals surface area (Å²) in [5, 5.41) is 2.95. The molecule has 0 aliphatic carbocycles. The van der Waals surface area contributed by atoms with Crippen molar-refractivity contribution in [3.63, 3.8) is 0 Å². The van der Waals surface area contributed by atoms with Gasteiger partial charge in [0.2, 0.25) is 11.9 Å². The summed E-state index contributed by atoms with van der Waals surface area (Å²) in [5.74, 6) is 2.01. The molecule has 2 heterocycles. The maximum Gasteiger partial charge on any atom is 0.239 e. The van der Waals surface area contributed by atoms with E-state index >= 15 is 0 Å². The predicted octanol–water partition coefficient (Wildman–Crippen LogP) is 1.44. The van der Waals surface area contributed by atoms with Crippen molar-refractivity contribution in [2.45, 2.75) is 26.2 Å². The predicted molar refractivity (Wildman–Crippen MR) is 65.1 cm³/mol. The zero-order valence-electron chi connectivity index (χ0n) is 10.1. The molecule has 2 rings (SSSR count). The highest BCUT2D eigenvalue weighted by molar-refractivity contribution is 5.27. The Bertz CT molecular complexity index is 465. The molecule has 0 aromatic carbocycles. The molecule has 0 radical (unpaired) electrons. The fourth-order valence-corrected chi connectivity index (χ4v) is 1.46. The largest absolute Gasteiger partial charge is 0.357 e. The fourth-order valence-electron chi connectivity index (χ4n) is 1.46. The first-order chi connectivity index (χ1) is 8.33. The molecule has 0 saturated heterocycles. The first-order valence-electron chi connectivity index (χ1n) is 5.74. The third-order valence-electron chi connectivity index (χ3n) is 2.38. The number of aromatic nitrogens is 5. The molecule has 1 N–H and O–H groups in total. The lowest BCUT2D eigenvalue weighted by Gasteiger charge is -2.06. The summed E-state index contributed by atoms with van der Waals surface area (Å²) in [7, 11) is 1.80. The van der Waals surface area contributed by atoms with Crippen LogP contribution in [0.3, 0.4) is 0 Å². The van der Waals surface area contributed by atoms with Crippen molar-refractivity contribution < 1.29 is 0 Å². The number of unbranched alkanes of at least 4 members (excludes halogenated alkanes) is 1. The van der Waals surface area contributed by atoms with Crippen LogP contribution < -0.4 is 5.32 Å². The Morgan fingerprint density at radius 2 is 2.18 bits per heavy atom. The first-order valence-corrected chi connectivity index (χ1v) is 5.74. The van der Waals surface area contributed by atoms with Crippen molar-refractivity contribution in [3.05, 3.63) is 24.5 Å². The van der Waals surface area contributed by atoms with Crippen LogP contribution in [0.5, 0.6) is 0 Å². The molecule has 2 aromatic heterocycles.